The first-order chi connectivity index (χ1) is 51.0. The Bertz CT molecular complexity index is 2630. The average Bonchev–Trinajstić information content (AvgIpc) is 1.52. The second kappa shape index (κ2) is 45.6. The zero-order valence-electron chi connectivity index (χ0n) is 67.9. The van der Waals surface area contributed by atoms with Crippen molar-refractivity contribution in [2.45, 2.75) is 254 Å². The third kappa shape index (κ3) is 26.9. The van der Waals surface area contributed by atoms with E-state index in [0.29, 0.717) is 123 Å². The summed E-state index contributed by atoms with van der Waals surface area (Å²) in [6.45, 7) is 31.6. The van der Waals surface area contributed by atoms with Gasteiger partial charge < -0.3 is 86.9 Å². The van der Waals surface area contributed by atoms with E-state index in [1.54, 1.807) is 5.57 Å². The van der Waals surface area contributed by atoms with Crippen molar-refractivity contribution in [1.82, 2.24) is 10.6 Å². The Hall–Kier alpha value is -2.27. The minimum Gasteiger partial charge on any atom is -0.778 e. The molecule has 0 spiro atoms. The van der Waals surface area contributed by atoms with E-state index in [4.69, 9.17) is 56.6 Å². The van der Waals surface area contributed by atoms with Crippen LogP contribution in [0, 0.1) is 98.6 Å². The van der Waals surface area contributed by atoms with Crippen molar-refractivity contribution < 1.29 is 85.9 Å². The number of carbonyl (C=O) groups excluding carboxylic acids is 2. The Labute approximate surface area is 641 Å². The molecule has 0 aliphatic heterocycles. The number of allylic oxidation sites excluding steroid dienone is 2. The standard InChI is InChI=1S/C85H151N2O18P/c1-62(2)17-11-19-64(5)74-25-27-76-72-23-21-67-55-70(29-33-82(67,7)78(72)31-35-84(74,76)9)104-80(90)86-37-13-39-97-47-48-99-49-50-100-52-54-102-59-69(89)60-103-106(92,93)61-66(57-88)58-101-53-51-98-45-16-43-95-41-14-40-94-42-15-44-96-46-38-87-81(91)105-71-30-34-83(8)68(56-71)22-24-73-77-28-26-75(65(6)20-12-18-63(3)4)85(77,10)36-32-79(73)83/h21-22,62-66,69-79,88-89H,11-20,23-61H2,1-10H3,(H,86,90)(H,87,91)(H,92,93)/p-1/t64-,65-,66?,69?,70-,71-,72?,73?,74?,75?,76?,77?,78?,79?,82-,83-,84+,85+/m0/s1. The van der Waals surface area contributed by atoms with Gasteiger partial charge in [0.05, 0.1) is 79.3 Å². The Morgan fingerprint density at radius 2 is 0.887 bits per heavy atom. The molecule has 6 saturated carbocycles. The number of carbonyl (C=O) groups is 2. The molecule has 2 amide bonds. The van der Waals surface area contributed by atoms with Crippen LogP contribution in [-0.2, 0) is 61.2 Å². The van der Waals surface area contributed by atoms with Gasteiger partial charge in [0.2, 0.25) is 0 Å². The summed E-state index contributed by atoms with van der Waals surface area (Å²) in [5, 5.41) is 25.9. The van der Waals surface area contributed by atoms with E-state index in [1.165, 1.54) is 108 Å². The van der Waals surface area contributed by atoms with Crippen LogP contribution in [0.1, 0.15) is 236 Å². The van der Waals surface area contributed by atoms with Gasteiger partial charge in [-0.25, -0.2) is 9.59 Å². The molecule has 8 aliphatic carbocycles. The van der Waals surface area contributed by atoms with Crippen molar-refractivity contribution in [3.05, 3.63) is 23.3 Å². The average molecular weight is 1520 g/mol. The highest BCUT2D eigenvalue weighted by molar-refractivity contribution is 7.51. The van der Waals surface area contributed by atoms with Crippen molar-refractivity contribution in [1.29, 1.82) is 0 Å². The minimum absolute atomic E-state index is 0.00352. The molecule has 0 radical (unpaired) electrons. The van der Waals surface area contributed by atoms with Gasteiger partial charge in [0, 0.05) is 90.9 Å². The number of alkyl carbamates (subject to hydrolysis) is 2. The molecule has 19 atom stereocenters. The molecule has 8 aliphatic rings. The molecule has 0 aromatic rings. The van der Waals surface area contributed by atoms with Gasteiger partial charge in [-0.2, -0.15) is 0 Å². The lowest BCUT2D eigenvalue weighted by molar-refractivity contribution is -0.202. The number of hydrogen-bond donors (Lipinski definition) is 4. The molecule has 0 aromatic carbocycles. The summed E-state index contributed by atoms with van der Waals surface area (Å²) >= 11 is 0. The third-order valence-corrected chi connectivity index (χ3v) is 28.9. The lowest BCUT2D eigenvalue weighted by Crippen LogP contribution is -2.51. The Balaban J connectivity index is 0.520. The summed E-state index contributed by atoms with van der Waals surface area (Å²) in [4.78, 5) is 38.3. The van der Waals surface area contributed by atoms with Gasteiger partial charge in [0.25, 0.3) is 0 Å². The summed E-state index contributed by atoms with van der Waals surface area (Å²) in [7, 11) is -4.38. The molecule has 4 N–H and O–H groups in total. The van der Waals surface area contributed by atoms with Crippen molar-refractivity contribution in [2.24, 2.45) is 98.6 Å². The van der Waals surface area contributed by atoms with Crippen LogP contribution in [0.15, 0.2) is 23.3 Å². The largest absolute Gasteiger partial charge is 0.778 e. The maximum absolute atomic E-state index is 12.8. The van der Waals surface area contributed by atoms with Gasteiger partial charge in [-0.15, -0.1) is 0 Å². The number of nitrogens with one attached hydrogen (secondary N) is 2. The topological polar surface area (TPSA) is 250 Å². The summed E-state index contributed by atoms with van der Waals surface area (Å²) in [6.07, 6.45) is 33.1. The minimum atomic E-state index is -4.38. The number of aliphatic hydroxyl groups is 2. The van der Waals surface area contributed by atoms with Gasteiger partial charge in [-0.3, -0.25) is 0 Å². The molecule has 21 heteroatoms. The summed E-state index contributed by atoms with van der Waals surface area (Å²) in [6, 6.07) is 0. The molecular formula is C85H150N2O18P-. The maximum Gasteiger partial charge on any atom is 0.407 e. The van der Waals surface area contributed by atoms with Crippen LogP contribution in [0.2, 0.25) is 0 Å². The highest BCUT2D eigenvalue weighted by atomic mass is 31.2. The van der Waals surface area contributed by atoms with Crippen LogP contribution in [0.3, 0.4) is 0 Å². The lowest BCUT2D eigenvalue weighted by atomic mass is 9.47. The number of rotatable bonds is 53. The molecule has 0 bridgehead atoms. The van der Waals surface area contributed by atoms with E-state index in [9.17, 15) is 29.3 Å². The Morgan fingerprint density at radius 1 is 0.481 bits per heavy atom. The highest BCUT2D eigenvalue weighted by Crippen LogP contribution is 2.69. The predicted molar refractivity (Wildman–Crippen MR) is 413 cm³/mol. The normalized spacial score (nSPS) is 31.4. The van der Waals surface area contributed by atoms with E-state index < -0.39 is 39.0 Å². The van der Waals surface area contributed by atoms with Gasteiger partial charge in [-0.1, -0.05) is 131 Å². The molecule has 0 saturated heterocycles. The molecule has 614 valence electrons. The lowest BCUT2D eigenvalue weighted by Gasteiger charge is -2.58. The Morgan fingerprint density at radius 3 is 1.34 bits per heavy atom. The SMILES string of the molecule is CC(C)CCC[C@H](C)C1CCC2C3CC=C4C[C@@H](OC(=O)NCCCOCCOCCOCCOCC(O)COP(=O)([O-])CC(CO)COCCOCCCOCCCOCCCOCCNC(=O)O[C@H]5CC[C@@]6(C)C(=CCC7C8CCC([C@@H](C)CCCC(C)C)[C@@]8(C)CCC76)C5)CC[C@]4(C)C3CC[C@@]21C. The van der Waals surface area contributed by atoms with Crippen LogP contribution < -0.4 is 15.5 Å². The number of hydrogen-bond acceptors (Lipinski definition) is 18. The molecule has 0 heterocycles. The van der Waals surface area contributed by atoms with E-state index in [-0.39, 0.29) is 68.3 Å². The van der Waals surface area contributed by atoms with Crippen molar-refractivity contribution in [3.63, 3.8) is 0 Å². The van der Waals surface area contributed by atoms with Gasteiger partial charge >= 0.3 is 12.2 Å². The zero-order valence-corrected chi connectivity index (χ0v) is 68.8. The molecule has 0 aromatic heterocycles. The number of amides is 2. The number of aliphatic hydroxyl groups excluding tert-OH is 2. The quantitative estimate of drug-likeness (QED) is 0.0251. The van der Waals surface area contributed by atoms with Gasteiger partial charge in [0.1, 0.15) is 25.9 Å². The molecule has 106 heavy (non-hydrogen) atoms. The van der Waals surface area contributed by atoms with Crippen LogP contribution in [0.4, 0.5) is 9.59 Å². The van der Waals surface area contributed by atoms with Crippen molar-refractivity contribution in [2.75, 3.05) is 151 Å². The van der Waals surface area contributed by atoms with Crippen LogP contribution in [-0.4, -0.2) is 192 Å². The van der Waals surface area contributed by atoms with Crippen LogP contribution in [0.5, 0.6) is 0 Å². The predicted octanol–water partition coefficient (Wildman–Crippen LogP) is 15.5. The maximum atomic E-state index is 12.8. The van der Waals surface area contributed by atoms with E-state index in [0.717, 1.165) is 122 Å². The number of ether oxygens (including phenoxy) is 11. The monoisotopic (exact) mass is 1520 g/mol. The highest BCUT2D eigenvalue weighted by Gasteiger charge is 2.61. The summed E-state index contributed by atoms with van der Waals surface area (Å²) in [5.41, 5.74) is 4.50. The van der Waals surface area contributed by atoms with Gasteiger partial charge in [-0.05, 0) is 208 Å². The smallest absolute Gasteiger partial charge is 0.407 e. The fourth-order valence-electron chi connectivity index (χ4n) is 21.7. The first kappa shape index (κ1) is 89.3. The molecule has 20 nitrogen and oxygen atoms in total. The molecular weight excluding hydrogens is 1370 g/mol. The molecule has 8 rings (SSSR count). The second-order valence-electron chi connectivity index (χ2n) is 35.6. The first-order valence-corrected chi connectivity index (χ1v) is 44.4. The van der Waals surface area contributed by atoms with Crippen LogP contribution >= 0.6 is 7.60 Å². The fraction of sp³-hybridized carbons (Fsp3) is 0.929. The summed E-state index contributed by atoms with van der Waals surface area (Å²) < 4.78 is 80.3. The summed E-state index contributed by atoms with van der Waals surface area (Å²) in [5.74, 6) is 9.04. The second-order valence-corrected chi connectivity index (χ2v) is 37.5. The Kier molecular flexibility index (Phi) is 38.4. The van der Waals surface area contributed by atoms with E-state index >= 15 is 0 Å². The van der Waals surface area contributed by atoms with Crippen molar-refractivity contribution >= 4 is 19.8 Å². The first-order valence-electron chi connectivity index (χ1n) is 42.7. The molecule has 11 unspecified atom stereocenters. The van der Waals surface area contributed by atoms with Crippen molar-refractivity contribution in [3.8, 4) is 0 Å². The third-order valence-electron chi connectivity index (χ3n) is 27.4. The van der Waals surface area contributed by atoms with E-state index in [1.807, 2.05) is 0 Å². The van der Waals surface area contributed by atoms with Crippen LogP contribution in [0.25, 0.3) is 0 Å². The molecule has 6 fully saturated rings. The zero-order chi connectivity index (χ0) is 76.0. The fourth-order valence-corrected chi connectivity index (χ4v) is 23.1. The van der Waals surface area contributed by atoms with Gasteiger partial charge in [0.15, 0.2) is 0 Å². The van der Waals surface area contributed by atoms with E-state index in [2.05, 4.69) is 92.0 Å². The number of fused-ring (bicyclic) bond motifs is 10.